The molecule has 2 aromatic heterocycles. The highest BCUT2D eigenvalue weighted by molar-refractivity contribution is 5.94. The van der Waals surface area contributed by atoms with Crippen molar-refractivity contribution in [3.05, 3.63) is 41.3 Å². The zero-order valence-corrected chi connectivity index (χ0v) is 16.1. The smallest absolute Gasteiger partial charge is 0.251 e. The van der Waals surface area contributed by atoms with E-state index in [1.54, 1.807) is 12.1 Å². The van der Waals surface area contributed by atoms with Gasteiger partial charge in [-0.1, -0.05) is 19.3 Å². The molecule has 144 valence electrons. The maximum absolute atomic E-state index is 12.4. The van der Waals surface area contributed by atoms with Gasteiger partial charge < -0.3 is 16.0 Å². The first-order chi connectivity index (χ1) is 13.0. The van der Waals surface area contributed by atoms with Gasteiger partial charge in [-0.15, -0.1) is 0 Å². The van der Waals surface area contributed by atoms with Crippen LogP contribution in [-0.4, -0.2) is 33.9 Å². The Bertz CT molecular complexity index is 786. The van der Waals surface area contributed by atoms with Crippen LogP contribution in [-0.2, 0) is 0 Å². The van der Waals surface area contributed by atoms with E-state index in [4.69, 9.17) is 10.7 Å². The van der Waals surface area contributed by atoms with Gasteiger partial charge in [0.05, 0.1) is 6.04 Å². The van der Waals surface area contributed by atoms with E-state index in [1.165, 1.54) is 38.3 Å². The van der Waals surface area contributed by atoms with Crippen LogP contribution in [0.4, 0.5) is 11.8 Å². The third kappa shape index (κ3) is 4.93. The van der Waals surface area contributed by atoms with Crippen molar-refractivity contribution < 1.29 is 4.79 Å². The summed E-state index contributed by atoms with van der Waals surface area (Å²) in [6.45, 7) is 5.92. The second-order valence-corrected chi connectivity index (χ2v) is 7.13. The number of anilines is 2. The largest absolute Gasteiger partial charge is 0.384 e. The van der Waals surface area contributed by atoms with E-state index in [2.05, 4.69) is 20.2 Å². The van der Waals surface area contributed by atoms with Crippen LogP contribution in [0.25, 0.3) is 0 Å². The number of pyridine rings is 1. The molecule has 0 spiro atoms. The molecule has 0 aromatic carbocycles. The summed E-state index contributed by atoms with van der Waals surface area (Å²) >= 11 is 0. The number of rotatable bonds is 4. The lowest BCUT2D eigenvalue weighted by molar-refractivity contribution is 0.0939. The van der Waals surface area contributed by atoms with Crippen LogP contribution in [0, 0.1) is 6.92 Å². The van der Waals surface area contributed by atoms with Crippen LogP contribution < -0.4 is 16.0 Å². The molecular weight excluding hydrogens is 340 g/mol. The predicted molar refractivity (Wildman–Crippen MR) is 107 cm³/mol. The summed E-state index contributed by atoms with van der Waals surface area (Å²) in [7, 11) is 0. The molecule has 1 aliphatic rings. The molecule has 1 saturated heterocycles. The number of aromatic nitrogens is 3. The van der Waals surface area contributed by atoms with E-state index in [-0.39, 0.29) is 11.9 Å². The molecule has 1 amide bonds. The van der Waals surface area contributed by atoms with Gasteiger partial charge in [-0.3, -0.25) is 4.79 Å². The van der Waals surface area contributed by atoms with E-state index in [0.717, 1.165) is 30.3 Å². The number of carbonyl (C=O) groups is 1. The molecule has 0 bridgehead atoms. The maximum atomic E-state index is 12.4. The Morgan fingerprint density at radius 1 is 1.19 bits per heavy atom. The Hall–Kier alpha value is -2.70. The van der Waals surface area contributed by atoms with Gasteiger partial charge in [0.25, 0.3) is 5.91 Å². The number of carbonyl (C=O) groups excluding carboxylic acids is 1. The lowest BCUT2D eigenvalue weighted by atomic mass is 10.1. The number of nitrogens with two attached hydrogens (primary N) is 1. The van der Waals surface area contributed by atoms with Crippen LogP contribution in [0.5, 0.6) is 0 Å². The highest BCUT2D eigenvalue weighted by Gasteiger charge is 2.17. The van der Waals surface area contributed by atoms with E-state index in [0.29, 0.717) is 11.4 Å². The molecule has 1 unspecified atom stereocenters. The summed E-state index contributed by atoms with van der Waals surface area (Å²) < 4.78 is 0. The van der Waals surface area contributed by atoms with Crippen molar-refractivity contribution in [3.8, 4) is 0 Å². The average molecular weight is 368 g/mol. The minimum absolute atomic E-state index is 0.191. The summed E-state index contributed by atoms with van der Waals surface area (Å²) in [5.41, 5.74) is 7.96. The van der Waals surface area contributed by atoms with Crippen molar-refractivity contribution in [2.24, 2.45) is 0 Å². The molecule has 1 fully saturated rings. The highest BCUT2D eigenvalue weighted by Crippen LogP contribution is 2.20. The van der Waals surface area contributed by atoms with Gasteiger partial charge in [-0.05, 0) is 38.8 Å². The van der Waals surface area contributed by atoms with Gasteiger partial charge in [-0.25, -0.2) is 15.0 Å². The first kappa shape index (κ1) is 19.1. The van der Waals surface area contributed by atoms with E-state index >= 15 is 0 Å². The fraction of sp³-hybridized carbons (Fsp3) is 0.500. The quantitative estimate of drug-likeness (QED) is 0.861. The molecule has 1 aliphatic heterocycles. The molecule has 7 nitrogen and oxygen atoms in total. The number of amides is 1. The van der Waals surface area contributed by atoms with E-state index < -0.39 is 0 Å². The summed E-state index contributed by atoms with van der Waals surface area (Å²) in [5, 5.41) is 2.98. The van der Waals surface area contributed by atoms with Crippen LogP contribution in [0.1, 0.15) is 66.7 Å². The molecule has 0 saturated carbocycles. The topological polar surface area (TPSA) is 97.0 Å². The molecule has 3 N–H and O–H groups in total. The molecule has 2 aromatic rings. The molecule has 7 heteroatoms. The molecule has 0 radical (unpaired) electrons. The number of nitrogens with zero attached hydrogens (tertiary/aromatic N) is 4. The first-order valence-electron chi connectivity index (χ1n) is 9.65. The molecule has 27 heavy (non-hydrogen) atoms. The Balaban J connectivity index is 1.69. The van der Waals surface area contributed by atoms with Crippen molar-refractivity contribution in [2.45, 2.75) is 52.0 Å². The number of nitrogen functional groups attached to an aromatic ring is 1. The Labute approximate surface area is 160 Å². The second kappa shape index (κ2) is 8.79. The van der Waals surface area contributed by atoms with Gasteiger partial charge in [0.1, 0.15) is 5.82 Å². The van der Waals surface area contributed by atoms with Crippen LogP contribution in [0.2, 0.25) is 0 Å². The lowest BCUT2D eigenvalue weighted by Crippen LogP contribution is -2.30. The SMILES string of the molecule is Cc1nc(N2CCCCCCC2)ncc1C(C)NC(=O)c1ccnc(N)c1. The fourth-order valence-electron chi connectivity index (χ4n) is 3.44. The minimum atomic E-state index is -0.201. The lowest BCUT2D eigenvalue weighted by Gasteiger charge is -2.25. The molecule has 0 aliphatic carbocycles. The number of aryl methyl sites for hydroxylation is 1. The normalized spacial score (nSPS) is 16.3. The standard InChI is InChI=1S/C20H28N6O/c1-14(24-19(27)16-8-9-22-18(21)12-16)17-13-23-20(25-15(17)2)26-10-6-4-3-5-7-11-26/h8-9,12-14H,3-7,10-11H2,1-2H3,(H2,21,22)(H,24,27). The summed E-state index contributed by atoms with van der Waals surface area (Å²) in [5.74, 6) is 0.926. The van der Waals surface area contributed by atoms with Gasteiger partial charge in [-0.2, -0.15) is 0 Å². The van der Waals surface area contributed by atoms with Gasteiger partial charge in [0.2, 0.25) is 5.95 Å². The zero-order valence-electron chi connectivity index (χ0n) is 16.1. The number of hydrogen-bond donors (Lipinski definition) is 2. The monoisotopic (exact) mass is 368 g/mol. The second-order valence-electron chi connectivity index (χ2n) is 7.13. The predicted octanol–water partition coefficient (Wildman–Crippen LogP) is 3.02. The Kier molecular flexibility index (Phi) is 6.21. The van der Waals surface area contributed by atoms with Crippen molar-refractivity contribution in [2.75, 3.05) is 23.7 Å². The summed E-state index contributed by atoms with van der Waals surface area (Å²) in [6.07, 6.45) is 9.61. The summed E-state index contributed by atoms with van der Waals surface area (Å²) in [6, 6.07) is 3.01. The molecule has 1 atom stereocenters. The molecular formula is C20H28N6O. The van der Waals surface area contributed by atoms with Gasteiger partial charge >= 0.3 is 0 Å². The Morgan fingerprint density at radius 2 is 1.89 bits per heavy atom. The summed E-state index contributed by atoms with van der Waals surface area (Å²) in [4.78, 5) is 27.9. The first-order valence-corrected chi connectivity index (χ1v) is 9.65. The van der Waals surface area contributed by atoms with Crippen molar-refractivity contribution in [3.63, 3.8) is 0 Å². The van der Waals surface area contributed by atoms with Crippen molar-refractivity contribution in [1.29, 1.82) is 0 Å². The molecule has 3 heterocycles. The number of nitrogens with one attached hydrogen (secondary N) is 1. The third-order valence-corrected chi connectivity index (χ3v) is 5.00. The fourth-order valence-corrected chi connectivity index (χ4v) is 3.44. The van der Waals surface area contributed by atoms with Gasteiger partial charge in [0, 0.05) is 42.3 Å². The zero-order chi connectivity index (χ0) is 19.2. The Morgan fingerprint density at radius 3 is 2.56 bits per heavy atom. The maximum Gasteiger partial charge on any atom is 0.251 e. The number of hydrogen-bond acceptors (Lipinski definition) is 6. The van der Waals surface area contributed by atoms with Crippen molar-refractivity contribution >= 4 is 17.7 Å². The highest BCUT2D eigenvalue weighted by atomic mass is 16.1. The minimum Gasteiger partial charge on any atom is -0.384 e. The molecule has 3 rings (SSSR count). The van der Waals surface area contributed by atoms with Crippen LogP contribution in [0.15, 0.2) is 24.5 Å². The third-order valence-electron chi connectivity index (χ3n) is 5.00. The average Bonchev–Trinajstić information content (AvgIpc) is 2.61. The van der Waals surface area contributed by atoms with Crippen LogP contribution in [0.3, 0.4) is 0 Å². The van der Waals surface area contributed by atoms with Gasteiger partial charge in [0.15, 0.2) is 0 Å². The van der Waals surface area contributed by atoms with Crippen molar-refractivity contribution in [1.82, 2.24) is 20.3 Å². The van der Waals surface area contributed by atoms with E-state index in [9.17, 15) is 4.79 Å². The van der Waals surface area contributed by atoms with E-state index in [1.807, 2.05) is 20.0 Å². The van der Waals surface area contributed by atoms with Crippen LogP contribution >= 0.6 is 0 Å².